The number of halogens is 2. The Balaban J connectivity index is 0. The first kappa shape index (κ1) is 17.8. The van der Waals surface area contributed by atoms with Gasteiger partial charge < -0.3 is 10.4 Å². The van der Waals surface area contributed by atoms with Gasteiger partial charge >= 0.3 is 0 Å². The van der Waals surface area contributed by atoms with Crippen molar-refractivity contribution in [1.29, 1.82) is 0 Å². The van der Waals surface area contributed by atoms with Crippen molar-refractivity contribution in [2.75, 3.05) is 26.7 Å². The van der Waals surface area contributed by atoms with Crippen molar-refractivity contribution >= 4 is 24.8 Å². The van der Waals surface area contributed by atoms with Gasteiger partial charge in [0.15, 0.2) is 0 Å². The lowest BCUT2D eigenvalue weighted by Gasteiger charge is -2.25. The quantitative estimate of drug-likeness (QED) is 0.794. The molecular weight excluding hydrogens is 235 g/mol. The Labute approximate surface area is 105 Å². The molecule has 1 heterocycles. The van der Waals surface area contributed by atoms with Crippen LogP contribution in [0.5, 0.6) is 0 Å². The summed E-state index contributed by atoms with van der Waals surface area (Å²) in [6, 6.07) is 0.547. The summed E-state index contributed by atoms with van der Waals surface area (Å²) in [5.41, 5.74) is 0. The maximum Gasteiger partial charge on any atom is 0.0679 e. The van der Waals surface area contributed by atoms with E-state index in [1.54, 1.807) is 0 Å². The fraction of sp³-hybridized carbons (Fsp3) is 1.00. The molecule has 0 saturated carbocycles. The lowest BCUT2D eigenvalue weighted by molar-refractivity contribution is 0.169. The Kier molecular flexibility index (Phi) is 10.2. The van der Waals surface area contributed by atoms with Crippen LogP contribution >= 0.6 is 24.8 Å². The van der Waals surface area contributed by atoms with E-state index in [-0.39, 0.29) is 30.9 Å². The number of aliphatic hydroxyl groups excluding tert-OH is 1. The third-order valence-corrected chi connectivity index (χ3v) is 2.88. The molecule has 2 atom stereocenters. The molecule has 0 aromatic heterocycles. The summed E-state index contributed by atoms with van der Waals surface area (Å²) in [6.07, 6.45) is 0.846. The fourth-order valence-corrected chi connectivity index (χ4v) is 1.89. The highest BCUT2D eigenvalue weighted by molar-refractivity contribution is 5.85. The number of hydrogen-bond acceptors (Lipinski definition) is 3. The van der Waals surface area contributed by atoms with Crippen molar-refractivity contribution in [2.45, 2.75) is 32.4 Å². The lowest BCUT2D eigenvalue weighted by Crippen LogP contribution is -2.42. The first-order chi connectivity index (χ1) is 6.13. The van der Waals surface area contributed by atoms with E-state index < -0.39 is 0 Å². The van der Waals surface area contributed by atoms with Crippen LogP contribution in [0.4, 0.5) is 0 Å². The predicted octanol–water partition coefficient (Wildman–Crippen LogP) is 1.14. The molecule has 0 spiro atoms. The maximum atomic E-state index is 9.36. The van der Waals surface area contributed by atoms with Crippen molar-refractivity contribution < 1.29 is 5.11 Å². The second-order valence-corrected chi connectivity index (χ2v) is 4.34. The van der Waals surface area contributed by atoms with E-state index >= 15 is 0 Å². The highest BCUT2D eigenvalue weighted by Crippen LogP contribution is 2.11. The lowest BCUT2D eigenvalue weighted by atomic mass is 10.0. The summed E-state index contributed by atoms with van der Waals surface area (Å²) in [4.78, 5) is 2.34. The minimum atomic E-state index is -0.0929. The van der Waals surface area contributed by atoms with Crippen LogP contribution in [-0.4, -0.2) is 48.8 Å². The SMILES string of the molecule is CN[C@H](CN1CC[C@H](O)C1)C(C)C.Cl.Cl. The molecule has 1 fully saturated rings. The Bertz CT molecular complexity index is 158. The normalized spacial score (nSPS) is 23.4. The third kappa shape index (κ3) is 5.93. The van der Waals surface area contributed by atoms with Gasteiger partial charge in [0.25, 0.3) is 0 Å². The second-order valence-electron chi connectivity index (χ2n) is 4.34. The average Bonchev–Trinajstić information content (AvgIpc) is 2.46. The van der Waals surface area contributed by atoms with Gasteiger partial charge in [0.1, 0.15) is 0 Å². The van der Waals surface area contributed by atoms with E-state index in [9.17, 15) is 5.11 Å². The second kappa shape index (κ2) is 8.59. The summed E-state index contributed by atoms with van der Waals surface area (Å²) in [6.45, 7) is 7.42. The molecule has 2 N–H and O–H groups in total. The average molecular weight is 259 g/mol. The van der Waals surface area contributed by atoms with Crippen LogP contribution in [0.15, 0.2) is 0 Å². The Hall–Kier alpha value is 0.460. The summed E-state index contributed by atoms with van der Waals surface area (Å²) < 4.78 is 0. The van der Waals surface area contributed by atoms with Gasteiger partial charge in [0, 0.05) is 25.7 Å². The van der Waals surface area contributed by atoms with Gasteiger partial charge in [-0.05, 0) is 19.4 Å². The van der Waals surface area contributed by atoms with Crippen LogP contribution in [0, 0.1) is 5.92 Å². The minimum absolute atomic E-state index is 0. The van der Waals surface area contributed by atoms with Gasteiger partial charge in [-0.3, -0.25) is 4.90 Å². The highest BCUT2D eigenvalue weighted by Gasteiger charge is 2.23. The van der Waals surface area contributed by atoms with E-state index in [0.717, 1.165) is 26.1 Å². The number of hydrogen-bond donors (Lipinski definition) is 2. The molecule has 1 aliphatic heterocycles. The smallest absolute Gasteiger partial charge is 0.0679 e. The highest BCUT2D eigenvalue weighted by atomic mass is 35.5. The monoisotopic (exact) mass is 258 g/mol. The topological polar surface area (TPSA) is 35.5 Å². The summed E-state index contributed by atoms with van der Waals surface area (Å²) in [5.74, 6) is 0.655. The van der Waals surface area contributed by atoms with E-state index in [4.69, 9.17) is 0 Å². The van der Waals surface area contributed by atoms with Crippen LogP contribution < -0.4 is 5.32 Å². The van der Waals surface area contributed by atoms with Gasteiger partial charge in [-0.25, -0.2) is 0 Å². The molecule has 0 aromatic rings. The number of β-amino-alcohol motifs (C(OH)–C–C–N with tert-alkyl or cyclic N) is 1. The van der Waals surface area contributed by atoms with Gasteiger partial charge in [0.2, 0.25) is 0 Å². The van der Waals surface area contributed by atoms with Crippen molar-refractivity contribution in [1.82, 2.24) is 10.2 Å². The van der Waals surface area contributed by atoms with Crippen molar-refractivity contribution in [3.8, 4) is 0 Å². The molecule has 94 valence electrons. The molecular formula is C10H24Cl2N2O. The number of likely N-dealkylation sites (N-methyl/N-ethyl adjacent to an activating group) is 1. The Morgan fingerprint density at radius 1 is 1.40 bits per heavy atom. The van der Waals surface area contributed by atoms with Gasteiger partial charge in [0.05, 0.1) is 6.10 Å². The molecule has 1 aliphatic rings. The molecule has 0 aliphatic carbocycles. The zero-order valence-corrected chi connectivity index (χ0v) is 11.4. The first-order valence-electron chi connectivity index (χ1n) is 5.21. The van der Waals surface area contributed by atoms with Crippen LogP contribution in [0.3, 0.4) is 0 Å². The van der Waals surface area contributed by atoms with E-state index in [1.165, 1.54) is 0 Å². The van der Waals surface area contributed by atoms with Crippen molar-refractivity contribution in [3.63, 3.8) is 0 Å². The summed E-state index contributed by atoms with van der Waals surface area (Å²) in [7, 11) is 2.01. The molecule has 0 amide bonds. The molecule has 0 radical (unpaired) electrons. The largest absolute Gasteiger partial charge is 0.392 e. The minimum Gasteiger partial charge on any atom is -0.392 e. The summed E-state index contributed by atoms with van der Waals surface area (Å²) in [5, 5.41) is 12.7. The van der Waals surface area contributed by atoms with Gasteiger partial charge in [-0.15, -0.1) is 24.8 Å². The van der Waals surface area contributed by atoms with Crippen molar-refractivity contribution in [2.24, 2.45) is 5.92 Å². The van der Waals surface area contributed by atoms with Crippen molar-refractivity contribution in [3.05, 3.63) is 0 Å². The van der Waals surface area contributed by atoms with Crippen LogP contribution in [0.1, 0.15) is 20.3 Å². The predicted molar refractivity (Wildman–Crippen MR) is 69.2 cm³/mol. The molecule has 5 heteroatoms. The van der Waals surface area contributed by atoms with Crippen LogP contribution in [0.2, 0.25) is 0 Å². The van der Waals surface area contributed by atoms with E-state index in [2.05, 4.69) is 24.1 Å². The zero-order valence-electron chi connectivity index (χ0n) is 9.77. The summed E-state index contributed by atoms with van der Waals surface area (Å²) >= 11 is 0. The number of nitrogens with one attached hydrogen (secondary N) is 1. The molecule has 1 saturated heterocycles. The van der Waals surface area contributed by atoms with Gasteiger partial charge in [-0.1, -0.05) is 13.8 Å². The first-order valence-corrected chi connectivity index (χ1v) is 5.21. The number of aliphatic hydroxyl groups is 1. The zero-order chi connectivity index (χ0) is 9.84. The number of rotatable bonds is 4. The molecule has 1 rings (SSSR count). The van der Waals surface area contributed by atoms with Gasteiger partial charge in [-0.2, -0.15) is 0 Å². The molecule has 0 aromatic carbocycles. The Morgan fingerprint density at radius 3 is 2.33 bits per heavy atom. The third-order valence-electron chi connectivity index (χ3n) is 2.88. The fourth-order valence-electron chi connectivity index (χ4n) is 1.89. The standard InChI is InChI=1S/C10H22N2O.2ClH/c1-8(2)10(11-3)7-12-5-4-9(13)6-12;;/h8-11,13H,4-7H2,1-3H3;2*1H/t9-,10+;;/m0../s1. The number of likely N-dealkylation sites (tertiary alicyclic amines) is 1. The molecule has 15 heavy (non-hydrogen) atoms. The number of nitrogens with zero attached hydrogens (tertiary/aromatic N) is 1. The maximum absolute atomic E-state index is 9.36. The van der Waals surface area contributed by atoms with E-state index in [0.29, 0.717) is 12.0 Å². The molecule has 3 nitrogen and oxygen atoms in total. The van der Waals surface area contributed by atoms with Crippen LogP contribution in [-0.2, 0) is 0 Å². The molecule has 0 bridgehead atoms. The molecule has 0 unspecified atom stereocenters. The van der Waals surface area contributed by atoms with Crippen LogP contribution in [0.25, 0.3) is 0 Å². The van der Waals surface area contributed by atoms with E-state index in [1.807, 2.05) is 7.05 Å². The Morgan fingerprint density at radius 2 is 2.00 bits per heavy atom.